The number of nitrogens with one attached hydrogen (secondary N) is 1. The Balaban J connectivity index is 2.18. The molecule has 0 fully saturated rings. The fourth-order valence-corrected chi connectivity index (χ4v) is 3.05. The normalized spacial score (nSPS) is 10.1. The summed E-state index contributed by atoms with van der Waals surface area (Å²) in [6.45, 7) is 2.09. The molecule has 0 spiro atoms. The van der Waals surface area contributed by atoms with Crippen molar-refractivity contribution in [2.75, 3.05) is 12.8 Å². The van der Waals surface area contributed by atoms with Crippen LogP contribution in [0.2, 0.25) is 0 Å². The zero-order valence-corrected chi connectivity index (χ0v) is 15.9. The van der Waals surface area contributed by atoms with Crippen molar-refractivity contribution in [2.24, 2.45) is 0 Å². The van der Waals surface area contributed by atoms with E-state index in [0.29, 0.717) is 29.2 Å². The van der Waals surface area contributed by atoms with Crippen molar-refractivity contribution < 1.29 is 9.47 Å². The van der Waals surface area contributed by atoms with Gasteiger partial charge in [0.1, 0.15) is 35.7 Å². The molecule has 7 nitrogen and oxygen atoms in total. The van der Waals surface area contributed by atoms with Gasteiger partial charge in [0.05, 0.1) is 7.11 Å². The number of pyridine rings is 1. The highest BCUT2D eigenvalue weighted by Crippen LogP contribution is 2.38. The first-order chi connectivity index (χ1) is 14.0. The molecule has 7 heteroatoms. The average Bonchev–Trinajstić information content (AvgIpc) is 2.73. The highest BCUT2D eigenvalue weighted by atomic mass is 16.5. The van der Waals surface area contributed by atoms with E-state index in [-0.39, 0.29) is 22.5 Å². The van der Waals surface area contributed by atoms with Gasteiger partial charge in [0, 0.05) is 5.56 Å². The maximum Gasteiger partial charge on any atom is 0.268 e. The summed E-state index contributed by atoms with van der Waals surface area (Å²) in [5.41, 5.74) is 7.37. The number of nitrogens with zero attached hydrogens (tertiary/aromatic N) is 2. The van der Waals surface area contributed by atoms with Gasteiger partial charge in [0.15, 0.2) is 11.5 Å². The van der Waals surface area contributed by atoms with E-state index < -0.39 is 5.56 Å². The second kappa shape index (κ2) is 8.20. The van der Waals surface area contributed by atoms with E-state index in [1.54, 1.807) is 19.1 Å². The first-order valence-electron chi connectivity index (χ1n) is 8.71. The van der Waals surface area contributed by atoms with Crippen LogP contribution in [-0.2, 0) is 6.61 Å². The van der Waals surface area contributed by atoms with Gasteiger partial charge in [0.25, 0.3) is 5.56 Å². The minimum absolute atomic E-state index is 0.0310. The lowest BCUT2D eigenvalue weighted by Gasteiger charge is -2.16. The van der Waals surface area contributed by atoms with Gasteiger partial charge in [-0.2, -0.15) is 10.5 Å². The molecule has 0 atom stereocenters. The van der Waals surface area contributed by atoms with Gasteiger partial charge < -0.3 is 20.2 Å². The lowest BCUT2D eigenvalue weighted by Crippen LogP contribution is -2.16. The molecule has 0 amide bonds. The number of hydrogen-bond donors (Lipinski definition) is 2. The number of rotatable bonds is 5. The van der Waals surface area contributed by atoms with Crippen LogP contribution in [0.1, 0.15) is 22.3 Å². The van der Waals surface area contributed by atoms with Crippen molar-refractivity contribution in [3.63, 3.8) is 0 Å². The monoisotopic (exact) mass is 386 g/mol. The number of aromatic amines is 1. The Kier molecular flexibility index (Phi) is 5.52. The number of H-pyrrole nitrogens is 1. The minimum Gasteiger partial charge on any atom is -0.493 e. The van der Waals surface area contributed by atoms with Gasteiger partial charge in [-0.25, -0.2) is 0 Å². The summed E-state index contributed by atoms with van der Waals surface area (Å²) >= 11 is 0. The van der Waals surface area contributed by atoms with Crippen molar-refractivity contribution in [2.45, 2.75) is 13.5 Å². The molecule has 0 aliphatic rings. The number of ether oxygens (including phenoxy) is 2. The fourth-order valence-electron chi connectivity index (χ4n) is 3.05. The third-order valence-corrected chi connectivity index (χ3v) is 4.49. The smallest absolute Gasteiger partial charge is 0.268 e. The van der Waals surface area contributed by atoms with Crippen LogP contribution in [0.4, 0.5) is 5.82 Å². The number of nitrogens with two attached hydrogens (primary N) is 1. The van der Waals surface area contributed by atoms with E-state index in [1.165, 1.54) is 7.11 Å². The van der Waals surface area contributed by atoms with Gasteiger partial charge in [0.2, 0.25) is 0 Å². The molecular weight excluding hydrogens is 368 g/mol. The second-order valence-electron chi connectivity index (χ2n) is 6.31. The van der Waals surface area contributed by atoms with Gasteiger partial charge in [-0.3, -0.25) is 4.79 Å². The topological polar surface area (TPSA) is 125 Å². The molecule has 0 unspecified atom stereocenters. The Morgan fingerprint density at radius 1 is 1.07 bits per heavy atom. The summed E-state index contributed by atoms with van der Waals surface area (Å²) in [5.74, 6) is 0.828. The molecule has 0 aliphatic carbocycles. The maximum absolute atomic E-state index is 12.2. The summed E-state index contributed by atoms with van der Waals surface area (Å²) in [4.78, 5) is 14.6. The van der Waals surface area contributed by atoms with Crippen molar-refractivity contribution in [1.29, 1.82) is 10.5 Å². The SMILES string of the molecule is COc1cc(C)c(-c2c(C#N)c(N)[nH]c(=O)c2C#N)cc1OCc1ccccc1. The van der Waals surface area contributed by atoms with Crippen LogP contribution in [-0.4, -0.2) is 12.1 Å². The van der Waals surface area contributed by atoms with Crippen molar-refractivity contribution in [3.05, 3.63) is 75.1 Å². The van der Waals surface area contributed by atoms with Crippen molar-refractivity contribution in [3.8, 4) is 34.8 Å². The van der Waals surface area contributed by atoms with Crippen molar-refractivity contribution >= 4 is 5.82 Å². The van der Waals surface area contributed by atoms with Gasteiger partial charge >= 0.3 is 0 Å². The summed E-state index contributed by atoms with van der Waals surface area (Å²) in [7, 11) is 1.52. The molecular formula is C22H18N4O3. The number of nitriles is 2. The number of benzene rings is 2. The molecule has 0 saturated heterocycles. The molecule has 144 valence electrons. The standard InChI is InChI=1S/C22H18N4O3/c1-13-8-18(28-2)19(29-12-14-6-4-3-5-7-14)9-15(13)20-16(10-23)21(25)26-22(27)17(20)11-24/h3-9H,12H2,1-2H3,(H3,25,26,27). The van der Waals surface area contributed by atoms with E-state index in [2.05, 4.69) is 4.98 Å². The van der Waals surface area contributed by atoms with Crippen LogP contribution >= 0.6 is 0 Å². The maximum atomic E-state index is 12.2. The summed E-state index contributed by atoms with van der Waals surface area (Å²) in [6.07, 6.45) is 0. The quantitative estimate of drug-likeness (QED) is 0.693. The molecule has 0 aliphatic heterocycles. The molecule has 1 aromatic heterocycles. The Morgan fingerprint density at radius 3 is 2.38 bits per heavy atom. The molecule has 29 heavy (non-hydrogen) atoms. The largest absolute Gasteiger partial charge is 0.493 e. The highest BCUT2D eigenvalue weighted by Gasteiger charge is 2.21. The number of hydrogen-bond acceptors (Lipinski definition) is 6. The number of aryl methyl sites for hydroxylation is 1. The van der Waals surface area contributed by atoms with E-state index in [1.807, 2.05) is 42.5 Å². The molecule has 3 rings (SSSR count). The number of aromatic nitrogens is 1. The van der Waals surface area contributed by atoms with Crippen LogP contribution in [0.25, 0.3) is 11.1 Å². The zero-order chi connectivity index (χ0) is 21.0. The Bertz CT molecular complexity index is 1200. The lowest BCUT2D eigenvalue weighted by molar-refractivity contribution is 0.284. The molecule has 1 heterocycles. The molecule has 3 N–H and O–H groups in total. The van der Waals surface area contributed by atoms with Crippen LogP contribution < -0.4 is 20.8 Å². The second-order valence-corrected chi connectivity index (χ2v) is 6.31. The van der Waals surface area contributed by atoms with Gasteiger partial charge in [-0.05, 0) is 35.7 Å². The molecule has 0 radical (unpaired) electrons. The fraction of sp³-hybridized carbons (Fsp3) is 0.136. The predicted molar refractivity (Wildman–Crippen MR) is 108 cm³/mol. The minimum atomic E-state index is -0.652. The van der Waals surface area contributed by atoms with Gasteiger partial charge in [-0.1, -0.05) is 30.3 Å². The van der Waals surface area contributed by atoms with Crippen LogP contribution in [0, 0.1) is 29.6 Å². The Hall–Kier alpha value is -4.23. The predicted octanol–water partition coefficient (Wildman–Crippen LogP) is 3.26. The Morgan fingerprint density at radius 2 is 1.76 bits per heavy atom. The number of methoxy groups -OCH3 is 1. The average molecular weight is 386 g/mol. The van der Waals surface area contributed by atoms with Crippen LogP contribution in [0.3, 0.4) is 0 Å². The first kappa shape index (κ1) is 19.5. The lowest BCUT2D eigenvalue weighted by atomic mass is 9.93. The highest BCUT2D eigenvalue weighted by molar-refractivity contribution is 5.83. The number of anilines is 1. The van der Waals surface area contributed by atoms with E-state index in [9.17, 15) is 15.3 Å². The van der Waals surface area contributed by atoms with Crippen LogP contribution in [0.15, 0.2) is 47.3 Å². The summed E-state index contributed by atoms with van der Waals surface area (Å²) < 4.78 is 11.3. The van der Waals surface area contributed by atoms with E-state index in [0.717, 1.165) is 5.56 Å². The van der Waals surface area contributed by atoms with Gasteiger partial charge in [-0.15, -0.1) is 0 Å². The first-order valence-corrected chi connectivity index (χ1v) is 8.71. The van der Waals surface area contributed by atoms with E-state index in [4.69, 9.17) is 15.2 Å². The Labute approximate surface area is 167 Å². The molecule has 2 aromatic carbocycles. The van der Waals surface area contributed by atoms with Crippen molar-refractivity contribution in [1.82, 2.24) is 4.98 Å². The number of nitrogen functional groups attached to an aromatic ring is 1. The molecule has 0 saturated carbocycles. The summed E-state index contributed by atoms with van der Waals surface area (Å²) in [5, 5.41) is 19.1. The molecule has 3 aromatic rings. The zero-order valence-electron chi connectivity index (χ0n) is 15.9. The van der Waals surface area contributed by atoms with Crippen LogP contribution in [0.5, 0.6) is 11.5 Å². The third-order valence-electron chi connectivity index (χ3n) is 4.49. The third kappa shape index (κ3) is 3.76. The summed E-state index contributed by atoms with van der Waals surface area (Å²) in [6, 6.07) is 16.8. The molecule has 0 bridgehead atoms. The van der Waals surface area contributed by atoms with E-state index >= 15 is 0 Å².